The van der Waals surface area contributed by atoms with E-state index in [0.717, 1.165) is 0 Å². The lowest BCUT2D eigenvalue weighted by Gasteiger charge is -2.38. The Kier molecular flexibility index (Phi) is 3.68. The number of amides is 1. The molecule has 2 aliphatic heterocycles. The van der Waals surface area contributed by atoms with Gasteiger partial charge in [0.05, 0.1) is 16.8 Å². The number of para-hydroxylation sites is 1. The van der Waals surface area contributed by atoms with Crippen LogP contribution in [0.2, 0.25) is 0 Å². The Morgan fingerprint density at radius 2 is 1.68 bits per heavy atom. The number of nitrogens with zero attached hydrogens (tertiary/aromatic N) is 1. The molecule has 7 heteroatoms. The first-order chi connectivity index (χ1) is 13.6. The predicted molar refractivity (Wildman–Crippen MR) is 98.5 cm³/mol. The van der Waals surface area contributed by atoms with Gasteiger partial charge < -0.3 is 14.8 Å². The molecule has 0 aromatic heterocycles. The summed E-state index contributed by atoms with van der Waals surface area (Å²) >= 11 is 0. The lowest BCUT2D eigenvalue weighted by molar-refractivity contribution is 0.0974. The molecule has 2 heterocycles. The Morgan fingerprint density at radius 1 is 0.929 bits per heavy atom. The fourth-order valence-electron chi connectivity index (χ4n) is 3.53. The number of benzene rings is 3. The summed E-state index contributed by atoms with van der Waals surface area (Å²) in [6.45, 7) is 0.0825. The van der Waals surface area contributed by atoms with E-state index in [2.05, 4.69) is 5.32 Å². The first-order valence-electron chi connectivity index (χ1n) is 8.66. The van der Waals surface area contributed by atoms with Crippen LogP contribution in [-0.4, -0.2) is 12.7 Å². The summed E-state index contributed by atoms with van der Waals surface area (Å²) in [5, 5.41) is 3.09. The Morgan fingerprint density at radius 3 is 2.50 bits per heavy atom. The number of ether oxygens (including phenoxy) is 2. The second kappa shape index (κ2) is 6.23. The Balaban J connectivity index is 1.70. The van der Waals surface area contributed by atoms with Gasteiger partial charge in [-0.15, -0.1) is 0 Å². The highest BCUT2D eigenvalue weighted by Gasteiger charge is 2.37. The SMILES string of the molecule is O=C1c2ccccc2N[C@H](c2c(F)cccc2F)N1c1ccc2c(c1)OCO2. The van der Waals surface area contributed by atoms with E-state index in [0.29, 0.717) is 28.4 Å². The van der Waals surface area contributed by atoms with Crippen LogP contribution in [0.25, 0.3) is 0 Å². The standard InChI is InChI=1S/C21H14F2N2O3/c22-14-5-3-6-15(23)19(14)20-24-16-7-2-1-4-13(16)21(26)25(20)12-8-9-17-18(10-12)28-11-27-17/h1-10,20,24H,11H2/t20-/m0/s1. The van der Waals surface area contributed by atoms with Crippen molar-refractivity contribution >= 4 is 17.3 Å². The van der Waals surface area contributed by atoms with Crippen molar-refractivity contribution < 1.29 is 23.0 Å². The van der Waals surface area contributed by atoms with Gasteiger partial charge in [0.15, 0.2) is 11.5 Å². The number of anilines is 2. The number of hydrogen-bond acceptors (Lipinski definition) is 4. The van der Waals surface area contributed by atoms with Crippen LogP contribution in [0.4, 0.5) is 20.2 Å². The molecule has 0 unspecified atom stereocenters. The van der Waals surface area contributed by atoms with Gasteiger partial charge in [-0.3, -0.25) is 9.69 Å². The van der Waals surface area contributed by atoms with Crippen molar-refractivity contribution in [3.05, 3.63) is 83.4 Å². The minimum Gasteiger partial charge on any atom is -0.454 e. The fourth-order valence-corrected chi connectivity index (χ4v) is 3.53. The highest BCUT2D eigenvalue weighted by Crippen LogP contribution is 2.42. The predicted octanol–water partition coefficient (Wildman–Crippen LogP) is 4.46. The third-order valence-electron chi connectivity index (χ3n) is 4.83. The van der Waals surface area contributed by atoms with E-state index in [1.165, 1.54) is 23.1 Å². The first-order valence-corrected chi connectivity index (χ1v) is 8.66. The number of fused-ring (bicyclic) bond motifs is 2. The molecule has 0 aliphatic carbocycles. The molecular formula is C21H14F2N2O3. The van der Waals surface area contributed by atoms with Crippen molar-refractivity contribution in [1.29, 1.82) is 0 Å². The summed E-state index contributed by atoms with van der Waals surface area (Å²) < 4.78 is 39.9. The molecule has 3 aromatic carbocycles. The zero-order valence-corrected chi connectivity index (χ0v) is 14.5. The first kappa shape index (κ1) is 16.6. The molecule has 0 bridgehead atoms. The number of rotatable bonds is 2. The largest absolute Gasteiger partial charge is 0.454 e. The zero-order valence-electron chi connectivity index (χ0n) is 14.5. The zero-order chi connectivity index (χ0) is 19.3. The average Bonchev–Trinajstić information content (AvgIpc) is 3.16. The van der Waals surface area contributed by atoms with E-state index >= 15 is 0 Å². The van der Waals surface area contributed by atoms with Crippen LogP contribution in [0.5, 0.6) is 11.5 Å². The van der Waals surface area contributed by atoms with Gasteiger partial charge in [0.2, 0.25) is 6.79 Å². The number of hydrogen-bond donors (Lipinski definition) is 1. The van der Waals surface area contributed by atoms with E-state index in [1.54, 1.807) is 42.5 Å². The smallest absolute Gasteiger partial charge is 0.262 e. The van der Waals surface area contributed by atoms with E-state index < -0.39 is 17.8 Å². The maximum absolute atomic E-state index is 14.6. The van der Waals surface area contributed by atoms with E-state index in [9.17, 15) is 13.6 Å². The average molecular weight is 380 g/mol. The Bertz CT molecular complexity index is 1080. The van der Waals surface area contributed by atoms with E-state index in [1.807, 2.05) is 0 Å². The van der Waals surface area contributed by atoms with Gasteiger partial charge in [-0.25, -0.2) is 8.78 Å². The molecule has 0 fully saturated rings. The molecule has 28 heavy (non-hydrogen) atoms. The summed E-state index contributed by atoms with van der Waals surface area (Å²) in [5.41, 5.74) is 1.12. The van der Waals surface area contributed by atoms with Crippen LogP contribution in [-0.2, 0) is 0 Å². The maximum Gasteiger partial charge on any atom is 0.262 e. The van der Waals surface area contributed by atoms with Gasteiger partial charge in [-0.1, -0.05) is 18.2 Å². The third-order valence-corrected chi connectivity index (χ3v) is 4.83. The lowest BCUT2D eigenvalue weighted by Crippen LogP contribution is -2.44. The molecule has 1 atom stereocenters. The quantitative estimate of drug-likeness (QED) is 0.713. The highest BCUT2D eigenvalue weighted by atomic mass is 19.1. The molecular weight excluding hydrogens is 366 g/mol. The highest BCUT2D eigenvalue weighted by molar-refractivity contribution is 6.12. The van der Waals surface area contributed by atoms with Gasteiger partial charge in [-0.2, -0.15) is 0 Å². The van der Waals surface area contributed by atoms with Gasteiger partial charge in [0.1, 0.15) is 17.8 Å². The molecule has 1 N–H and O–H groups in total. The van der Waals surface area contributed by atoms with Crippen LogP contribution in [0, 0.1) is 11.6 Å². The monoisotopic (exact) mass is 380 g/mol. The third kappa shape index (κ3) is 2.47. The van der Waals surface area contributed by atoms with Crippen LogP contribution in [0.15, 0.2) is 60.7 Å². The van der Waals surface area contributed by atoms with Crippen molar-refractivity contribution in [2.75, 3.05) is 17.0 Å². The number of nitrogens with one attached hydrogen (secondary N) is 1. The van der Waals surface area contributed by atoms with Crippen LogP contribution in [0.1, 0.15) is 22.1 Å². The van der Waals surface area contributed by atoms with Crippen molar-refractivity contribution in [3.8, 4) is 11.5 Å². The van der Waals surface area contributed by atoms with E-state index in [4.69, 9.17) is 9.47 Å². The van der Waals surface area contributed by atoms with Crippen LogP contribution < -0.4 is 19.7 Å². The Hall–Kier alpha value is -3.61. The molecule has 3 aromatic rings. The molecule has 5 rings (SSSR count). The molecule has 0 radical (unpaired) electrons. The molecule has 0 saturated heterocycles. The topological polar surface area (TPSA) is 50.8 Å². The number of halogens is 2. The molecule has 0 saturated carbocycles. The van der Waals surface area contributed by atoms with E-state index in [-0.39, 0.29) is 18.3 Å². The van der Waals surface area contributed by atoms with Gasteiger partial charge >= 0.3 is 0 Å². The summed E-state index contributed by atoms with van der Waals surface area (Å²) in [4.78, 5) is 14.6. The lowest BCUT2D eigenvalue weighted by atomic mass is 10.0. The fraction of sp³-hybridized carbons (Fsp3) is 0.0952. The molecule has 140 valence electrons. The normalized spacial score (nSPS) is 17.3. The second-order valence-electron chi connectivity index (χ2n) is 6.44. The number of carbonyl (C=O) groups is 1. The van der Waals surface area contributed by atoms with Crippen molar-refractivity contribution in [2.45, 2.75) is 6.17 Å². The summed E-state index contributed by atoms with van der Waals surface area (Å²) in [7, 11) is 0. The van der Waals surface area contributed by atoms with Crippen LogP contribution in [0.3, 0.4) is 0 Å². The molecule has 2 aliphatic rings. The van der Waals surface area contributed by atoms with Crippen molar-refractivity contribution in [1.82, 2.24) is 0 Å². The molecule has 0 spiro atoms. The summed E-state index contributed by atoms with van der Waals surface area (Å²) in [5.74, 6) is -0.834. The minimum atomic E-state index is -1.07. The molecule has 1 amide bonds. The Labute approximate surface area is 159 Å². The van der Waals surface area contributed by atoms with Gasteiger partial charge in [-0.05, 0) is 36.4 Å². The van der Waals surface area contributed by atoms with Crippen LogP contribution >= 0.6 is 0 Å². The van der Waals surface area contributed by atoms with Gasteiger partial charge in [0, 0.05) is 11.8 Å². The second-order valence-corrected chi connectivity index (χ2v) is 6.44. The maximum atomic E-state index is 14.6. The minimum absolute atomic E-state index is 0.0825. The van der Waals surface area contributed by atoms with Crippen molar-refractivity contribution in [2.24, 2.45) is 0 Å². The number of carbonyl (C=O) groups excluding carboxylic acids is 1. The molecule has 5 nitrogen and oxygen atoms in total. The summed E-state index contributed by atoms with van der Waals surface area (Å²) in [6.07, 6.45) is -1.07. The van der Waals surface area contributed by atoms with Gasteiger partial charge in [0.25, 0.3) is 5.91 Å². The summed E-state index contributed by atoms with van der Waals surface area (Å²) in [6, 6.07) is 15.4. The van der Waals surface area contributed by atoms with Crippen molar-refractivity contribution in [3.63, 3.8) is 0 Å².